The zero-order valence-corrected chi connectivity index (χ0v) is 17.6. The zero-order chi connectivity index (χ0) is 18.1. The lowest BCUT2D eigenvalue weighted by Crippen LogP contribution is -2.23. The van der Waals surface area contributed by atoms with Crippen molar-refractivity contribution < 1.29 is 4.42 Å². The highest BCUT2D eigenvalue weighted by Crippen LogP contribution is 2.29. The maximum Gasteiger partial charge on any atom is 0.336 e. The van der Waals surface area contributed by atoms with E-state index in [0.29, 0.717) is 5.58 Å². The van der Waals surface area contributed by atoms with Gasteiger partial charge >= 0.3 is 5.63 Å². The summed E-state index contributed by atoms with van der Waals surface area (Å²) >= 11 is 7.09. The first-order valence-corrected chi connectivity index (χ1v) is 9.71. The molecule has 0 aliphatic heterocycles. The maximum absolute atomic E-state index is 11.7. The summed E-state index contributed by atoms with van der Waals surface area (Å²) in [6, 6.07) is 11.9. The Morgan fingerprint density at radius 1 is 0.960 bits per heavy atom. The summed E-state index contributed by atoms with van der Waals surface area (Å²) in [5.74, 6) is 0. The van der Waals surface area contributed by atoms with Crippen molar-refractivity contribution in [2.24, 2.45) is 0 Å². The smallest absolute Gasteiger partial charge is 0.336 e. The summed E-state index contributed by atoms with van der Waals surface area (Å²) in [7, 11) is 0. The molecule has 0 saturated carbocycles. The molecule has 130 valence electrons. The van der Waals surface area contributed by atoms with Gasteiger partial charge in [-0.3, -0.25) is 0 Å². The number of aryl methyl sites for hydroxylation is 2. The van der Waals surface area contributed by atoms with Crippen LogP contribution in [0.5, 0.6) is 0 Å². The summed E-state index contributed by atoms with van der Waals surface area (Å²) in [5, 5.41) is 0.988. The fraction of sp³-hybridized carbons (Fsp3) is 0.250. The van der Waals surface area contributed by atoms with Crippen LogP contribution < -0.4 is 10.5 Å². The van der Waals surface area contributed by atoms with Crippen LogP contribution in [0.15, 0.2) is 54.6 Å². The van der Waals surface area contributed by atoms with Crippen molar-refractivity contribution in [3.63, 3.8) is 0 Å². The summed E-state index contributed by atoms with van der Waals surface area (Å²) in [4.78, 5) is 14.0. The average Bonchev–Trinajstić information content (AvgIpc) is 2.52. The molecule has 3 rings (SSSR count). The molecule has 0 saturated heterocycles. The topological polar surface area (TPSA) is 33.5 Å². The maximum atomic E-state index is 11.7. The van der Waals surface area contributed by atoms with Gasteiger partial charge in [-0.25, -0.2) is 4.79 Å². The minimum Gasteiger partial charge on any atom is -0.423 e. The van der Waals surface area contributed by atoms with E-state index in [4.69, 9.17) is 4.42 Å². The van der Waals surface area contributed by atoms with Crippen molar-refractivity contribution in [2.75, 3.05) is 11.4 Å². The van der Waals surface area contributed by atoms with E-state index in [2.05, 4.69) is 68.8 Å². The van der Waals surface area contributed by atoms with E-state index in [1.807, 2.05) is 19.1 Å². The number of hydrogen-bond acceptors (Lipinski definition) is 3. The largest absolute Gasteiger partial charge is 0.423 e. The van der Waals surface area contributed by atoms with Crippen LogP contribution in [-0.4, -0.2) is 6.54 Å². The van der Waals surface area contributed by atoms with Crippen molar-refractivity contribution in [1.82, 2.24) is 0 Å². The monoisotopic (exact) mass is 463 g/mol. The number of rotatable bonds is 4. The molecule has 0 atom stereocenters. The number of benzene rings is 2. The predicted octanol–water partition coefficient (Wildman–Crippen LogP) is 5.96. The molecule has 0 radical (unpaired) electrons. The third-order valence-corrected chi connectivity index (χ3v) is 5.20. The summed E-state index contributed by atoms with van der Waals surface area (Å²) in [6.07, 6.45) is 0. The lowest BCUT2D eigenvalue weighted by atomic mass is 10.1. The Morgan fingerprint density at radius 3 is 2.28 bits per heavy atom. The standard InChI is InChI=1S/C20H19Br2NO2/c1-4-23(11-14-7-15(21)9-16(22)8-14)18-10-19-17(5-13(18)3)12(2)6-20(24)25-19/h5-10H,4,11H2,1-3H3. The molecular weight excluding hydrogens is 446 g/mol. The number of nitrogens with zero attached hydrogens (tertiary/aromatic N) is 1. The molecule has 3 aromatic rings. The molecule has 3 nitrogen and oxygen atoms in total. The Hall–Kier alpha value is -1.59. The van der Waals surface area contributed by atoms with E-state index in [9.17, 15) is 4.79 Å². The summed E-state index contributed by atoms with van der Waals surface area (Å²) < 4.78 is 7.52. The van der Waals surface area contributed by atoms with E-state index < -0.39 is 0 Å². The molecule has 0 spiro atoms. The Balaban J connectivity index is 2.05. The Kier molecular flexibility index (Phi) is 5.35. The minimum absolute atomic E-state index is 0.307. The number of halogens is 2. The number of anilines is 1. The Bertz CT molecular complexity index is 975. The van der Waals surface area contributed by atoms with Crippen LogP contribution >= 0.6 is 31.9 Å². The molecule has 0 aliphatic rings. The van der Waals surface area contributed by atoms with Gasteiger partial charge < -0.3 is 9.32 Å². The van der Waals surface area contributed by atoms with E-state index in [1.165, 1.54) is 17.2 Å². The van der Waals surface area contributed by atoms with Crippen LogP contribution in [0.1, 0.15) is 23.6 Å². The molecule has 0 N–H and O–H groups in total. The molecule has 0 fully saturated rings. The molecule has 25 heavy (non-hydrogen) atoms. The van der Waals surface area contributed by atoms with Crippen molar-refractivity contribution in [2.45, 2.75) is 27.3 Å². The van der Waals surface area contributed by atoms with E-state index >= 15 is 0 Å². The van der Waals surface area contributed by atoms with Gasteiger partial charge in [0.05, 0.1) is 0 Å². The second-order valence-electron chi connectivity index (χ2n) is 6.18. The van der Waals surface area contributed by atoms with E-state index in [0.717, 1.165) is 38.7 Å². The number of hydrogen-bond donors (Lipinski definition) is 0. The van der Waals surface area contributed by atoms with Gasteiger partial charge in [-0.05, 0) is 61.7 Å². The lowest BCUT2D eigenvalue weighted by Gasteiger charge is -2.25. The molecule has 0 unspecified atom stereocenters. The third kappa shape index (κ3) is 3.98. The van der Waals surface area contributed by atoms with E-state index in [1.54, 1.807) is 0 Å². The van der Waals surface area contributed by atoms with Crippen molar-refractivity contribution in [3.8, 4) is 0 Å². The van der Waals surface area contributed by atoms with Gasteiger partial charge in [0.15, 0.2) is 0 Å². The van der Waals surface area contributed by atoms with Gasteiger partial charge in [-0.2, -0.15) is 0 Å². The van der Waals surface area contributed by atoms with Gasteiger partial charge in [0.1, 0.15) is 5.58 Å². The van der Waals surface area contributed by atoms with Crippen LogP contribution in [0.2, 0.25) is 0 Å². The first kappa shape index (κ1) is 18.2. The molecular formula is C20H19Br2NO2. The molecule has 1 aromatic heterocycles. The first-order chi connectivity index (χ1) is 11.9. The highest BCUT2D eigenvalue weighted by molar-refractivity contribution is 9.11. The fourth-order valence-corrected chi connectivity index (χ4v) is 4.48. The fourth-order valence-electron chi connectivity index (χ4n) is 3.09. The third-order valence-electron chi connectivity index (χ3n) is 4.29. The minimum atomic E-state index is -0.307. The van der Waals surface area contributed by atoms with Crippen molar-refractivity contribution >= 4 is 48.5 Å². The van der Waals surface area contributed by atoms with E-state index in [-0.39, 0.29) is 5.63 Å². The first-order valence-electron chi connectivity index (χ1n) is 8.12. The van der Waals surface area contributed by atoms with Crippen LogP contribution in [0.4, 0.5) is 5.69 Å². The molecule has 2 aromatic carbocycles. The van der Waals surface area contributed by atoms with Gasteiger partial charge in [-0.1, -0.05) is 31.9 Å². The van der Waals surface area contributed by atoms with Crippen LogP contribution in [0, 0.1) is 13.8 Å². The average molecular weight is 465 g/mol. The lowest BCUT2D eigenvalue weighted by molar-refractivity contribution is 0.559. The SMILES string of the molecule is CCN(Cc1cc(Br)cc(Br)c1)c1cc2oc(=O)cc(C)c2cc1C. The molecule has 0 bridgehead atoms. The second-order valence-corrected chi connectivity index (χ2v) is 8.01. The van der Waals surface area contributed by atoms with Gasteiger partial charge in [0.25, 0.3) is 0 Å². The normalized spacial score (nSPS) is 11.1. The Labute approximate surface area is 163 Å². The second kappa shape index (κ2) is 7.34. The summed E-state index contributed by atoms with van der Waals surface area (Å²) in [5.41, 5.74) is 4.73. The van der Waals surface area contributed by atoms with Gasteiger partial charge in [0, 0.05) is 45.2 Å². The summed E-state index contributed by atoms with van der Waals surface area (Å²) in [6.45, 7) is 7.79. The van der Waals surface area contributed by atoms with Gasteiger partial charge in [-0.15, -0.1) is 0 Å². The van der Waals surface area contributed by atoms with Crippen molar-refractivity contribution in [1.29, 1.82) is 0 Å². The predicted molar refractivity (Wildman–Crippen MR) is 111 cm³/mol. The quantitative estimate of drug-likeness (QED) is 0.446. The zero-order valence-electron chi connectivity index (χ0n) is 14.4. The van der Waals surface area contributed by atoms with Crippen LogP contribution in [0.3, 0.4) is 0 Å². The van der Waals surface area contributed by atoms with Gasteiger partial charge in [0.2, 0.25) is 0 Å². The van der Waals surface area contributed by atoms with Crippen LogP contribution in [-0.2, 0) is 6.54 Å². The molecule has 5 heteroatoms. The van der Waals surface area contributed by atoms with Crippen molar-refractivity contribution in [3.05, 3.63) is 72.5 Å². The Morgan fingerprint density at radius 2 is 1.64 bits per heavy atom. The molecule has 1 heterocycles. The van der Waals surface area contributed by atoms with Crippen LogP contribution in [0.25, 0.3) is 11.0 Å². The highest BCUT2D eigenvalue weighted by Gasteiger charge is 2.13. The molecule has 0 aliphatic carbocycles. The highest BCUT2D eigenvalue weighted by atomic mass is 79.9. The molecule has 0 amide bonds. The number of fused-ring (bicyclic) bond motifs is 1.